The lowest BCUT2D eigenvalue weighted by Crippen LogP contribution is -2.73. The maximum atomic E-state index is 13.6. The highest BCUT2D eigenvalue weighted by Crippen LogP contribution is 2.41. The van der Waals surface area contributed by atoms with Crippen LogP contribution in [0.25, 0.3) is 0 Å². The number of carboxylic acids is 1. The number of oxime groups is 1. The summed E-state index contributed by atoms with van der Waals surface area (Å²) >= 11 is 7.05. The van der Waals surface area contributed by atoms with Crippen LogP contribution in [0.4, 0.5) is 5.13 Å². The largest absolute Gasteiger partial charge is 0.492 e. The number of ether oxygens (including phenoxy) is 1. The minimum atomic E-state index is -1.37. The van der Waals surface area contributed by atoms with Crippen LogP contribution in [-0.4, -0.2) is 69.7 Å². The van der Waals surface area contributed by atoms with Gasteiger partial charge in [0.25, 0.3) is 11.8 Å². The Labute approximate surface area is 283 Å². The summed E-state index contributed by atoms with van der Waals surface area (Å²) in [6, 6.07) is 29.6. The SMILES string of the molecule is N#CCON=C(C(=O)N[C@@H]1C(=O)N2C(C(=O)O)=C(CCl)OC[C@H]12)c1csc(NC(c2ccccc2)(c2ccccc2)c2ccccc2)n1. The highest BCUT2D eigenvalue weighted by Gasteiger charge is 2.55. The van der Waals surface area contributed by atoms with E-state index in [1.54, 1.807) is 11.4 Å². The van der Waals surface area contributed by atoms with Gasteiger partial charge in [0.05, 0.1) is 5.88 Å². The molecule has 2 aliphatic heterocycles. The lowest BCUT2D eigenvalue weighted by Gasteiger charge is -2.49. The van der Waals surface area contributed by atoms with E-state index in [9.17, 15) is 19.5 Å². The first-order valence-corrected chi connectivity index (χ1v) is 16.1. The quantitative estimate of drug-likeness (QED) is 0.0499. The molecule has 0 radical (unpaired) electrons. The van der Waals surface area contributed by atoms with Gasteiger partial charge in [-0.1, -0.05) is 96.2 Å². The third kappa shape index (κ3) is 5.94. The summed E-state index contributed by atoms with van der Waals surface area (Å²) < 4.78 is 5.49. The second kappa shape index (κ2) is 14.0. The molecular weight excluding hydrogens is 656 g/mol. The lowest BCUT2D eigenvalue weighted by molar-refractivity contribution is -0.160. The molecule has 0 bridgehead atoms. The first-order chi connectivity index (χ1) is 23.4. The zero-order valence-corrected chi connectivity index (χ0v) is 26.6. The Hall–Kier alpha value is -5.71. The number of nitrogens with zero attached hydrogens (tertiary/aromatic N) is 4. The summed E-state index contributed by atoms with van der Waals surface area (Å²) in [7, 11) is 0. The van der Waals surface area contributed by atoms with Crippen molar-refractivity contribution in [2.45, 2.75) is 17.6 Å². The Morgan fingerprint density at radius 3 is 2.17 bits per heavy atom. The van der Waals surface area contributed by atoms with Gasteiger partial charge in [-0.3, -0.25) is 14.5 Å². The van der Waals surface area contributed by atoms with Gasteiger partial charge in [0, 0.05) is 5.38 Å². The molecule has 1 saturated heterocycles. The monoisotopic (exact) mass is 682 g/mol. The smallest absolute Gasteiger partial charge is 0.356 e. The van der Waals surface area contributed by atoms with Crippen LogP contribution in [0, 0.1) is 11.3 Å². The standard InChI is InChI=1S/C34H27ClN6O6S/c35-18-26-29(32(44)45)41-25(19-46-26)28(31(41)43)38-30(42)27(40-47-17-16-36)24-20-48-33(37-24)39-34(21-10-4-1-5-11-21,22-12-6-2-7-13-22)23-14-8-3-9-15-23/h1-15,20,25,28H,17-19H2,(H,37,39)(H,38,42)(H,44,45)/t25-,28+/m1/s1. The number of aromatic nitrogens is 1. The van der Waals surface area contributed by atoms with Crippen molar-refractivity contribution in [3.63, 3.8) is 0 Å². The summed E-state index contributed by atoms with van der Waals surface area (Å²) in [5, 5.41) is 30.9. The van der Waals surface area contributed by atoms with Crippen LogP contribution in [0.3, 0.4) is 0 Å². The van der Waals surface area contributed by atoms with Gasteiger partial charge in [0.1, 0.15) is 41.8 Å². The third-order valence-electron chi connectivity index (χ3n) is 7.93. The Morgan fingerprint density at radius 2 is 1.65 bits per heavy atom. The number of rotatable bonds is 12. The number of aliphatic carboxylic acids is 1. The molecule has 1 aromatic heterocycles. The number of carbonyl (C=O) groups excluding carboxylic acids is 2. The molecule has 3 N–H and O–H groups in total. The van der Waals surface area contributed by atoms with Crippen molar-refractivity contribution in [3.8, 4) is 6.07 Å². The molecule has 0 spiro atoms. The molecule has 3 aromatic carbocycles. The van der Waals surface area contributed by atoms with Gasteiger partial charge in [-0.25, -0.2) is 9.78 Å². The first-order valence-electron chi connectivity index (χ1n) is 14.7. The molecule has 2 atom stereocenters. The molecule has 4 aromatic rings. The zero-order valence-electron chi connectivity index (χ0n) is 25.1. The van der Waals surface area contributed by atoms with E-state index in [0.717, 1.165) is 21.6 Å². The zero-order chi connectivity index (χ0) is 33.7. The number of hydrogen-bond donors (Lipinski definition) is 3. The molecule has 14 heteroatoms. The number of β-lactam (4-membered cyclic amide) rings is 1. The molecule has 0 unspecified atom stereocenters. The van der Waals surface area contributed by atoms with Gasteiger partial charge in [-0.05, 0) is 16.7 Å². The van der Waals surface area contributed by atoms with Crippen molar-refractivity contribution < 1.29 is 29.1 Å². The number of halogens is 1. The number of anilines is 1. The van der Waals surface area contributed by atoms with Crippen LogP contribution in [-0.2, 0) is 29.5 Å². The Kier molecular flexibility index (Phi) is 9.38. The molecular formula is C34H27ClN6O6S. The van der Waals surface area contributed by atoms with Crippen LogP contribution in [0.15, 0.2) is 113 Å². The number of fused-ring (bicyclic) bond motifs is 1. The van der Waals surface area contributed by atoms with E-state index in [-0.39, 0.29) is 35.3 Å². The van der Waals surface area contributed by atoms with Gasteiger partial charge in [-0.15, -0.1) is 22.9 Å². The van der Waals surface area contributed by atoms with Crippen molar-refractivity contribution in [1.82, 2.24) is 15.2 Å². The number of allylic oxidation sites excluding steroid dienone is 1. The summed E-state index contributed by atoms with van der Waals surface area (Å²) in [5.41, 5.74) is 1.42. The molecule has 48 heavy (non-hydrogen) atoms. The van der Waals surface area contributed by atoms with E-state index in [4.69, 9.17) is 31.4 Å². The number of amides is 2. The molecule has 2 aliphatic rings. The van der Waals surface area contributed by atoms with Crippen molar-refractivity contribution >= 4 is 51.6 Å². The average Bonchev–Trinajstić information content (AvgIpc) is 3.59. The van der Waals surface area contributed by atoms with E-state index in [2.05, 4.69) is 15.8 Å². The third-order valence-corrected chi connectivity index (χ3v) is 8.93. The molecule has 0 aliphatic carbocycles. The number of hydrogen-bond acceptors (Lipinski definition) is 10. The number of nitrogens with one attached hydrogen (secondary N) is 2. The summed E-state index contributed by atoms with van der Waals surface area (Å²) in [6.07, 6.45) is 0. The highest BCUT2D eigenvalue weighted by atomic mass is 35.5. The molecule has 242 valence electrons. The van der Waals surface area contributed by atoms with E-state index >= 15 is 0 Å². The number of benzene rings is 3. The van der Waals surface area contributed by atoms with Crippen LogP contribution < -0.4 is 10.6 Å². The predicted molar refractivity (Wildman–Crippen MR) is 177 cm³/mol. The molecule has 2 amide bonds. The van der Waals surface area contributed by atoms with Gasteiger partial charge in [0.2, 0.25) is 6.61 Å². The van der Waals surface area contributed by atoms with E-state index in [1.165, 1.54) is 11.3 Å². The van der Waals surface area contributed by atoms with Crippen molar-refractivity contribution in [3.05, 3.63) is 130 Å². The fourth-order valence-corrected chi connectivity index (χ4v) is 6.74. The number of thiazole rings is 1. The normalized spacial score (nSPS) is 17.4. The Balaban J connectivity index is 1.33. The molecule has 0 saturated carbocycles. The topological polar surface area (TPSA) is 166 Å². The molecule has 3 heterocycles. The highest BCUT2D eigenvalue weighted by molar-refractivity contribution is 7.14. The fraction of sp³-hybridized carbons (Fsp3) is 0.176. The average molecular weight is 683 g/mol. The first kappa shape index (κ1) is 32.2. The van der Waals surface area contributed by atoms with Gasteiger partial charge in [0.15, 0.2) is 16.5 Å². The van der Waals surface area contributed by atoms with Crippen LogP contribution in [0.2, 0.25) is 0 Å². The lowest BCUT2D eigenvalue weighted by atomic mass is 9.77. The van der Waals surface area contributed by atoms with E-state index < -0.39 is 42.0 Å². The minimum absolute atomic E-state index is 0.0363. The van der Waals surface area contributed by atoms with Crippen LogP contribution in [0.5, 0.6) is 0 Å². The number of carbonyl (C=O) groups is 3. The second-order valence-electron chi connectivity index (χ2n) is 10.6. The van der Waals surface area contributed by atoms with Gasteiger partial charge >= 0.3 is 5.97 Å². The summed E-state index contributed by atoms with van der Waals surface area (Å²) in [5.74, 6) is -3.10. The Morgan fingerprint density at radius 1 is 1.06 bits per heavy atom. The van der Waals surface area contributed by atoms with E-state index in [1.807, 2.05) is 91.0 Å². The molecule has 12 nitrogen and oxygen atoms in total. The maximum absolute atomic E-state index is 13.6. The predicted octanol–water partition coefficient (Wildman–Crippen LogP) is 4.05. The van der Waals surface area contributed by atoms with Crippen molar-refractivity contribution in [1.29, 1.82) is 5.26 Å². The number of carboxylic acid groups (broad SMARTS) is 1. The molecule has 6 rings (SSSR count). The Bertz CT molecular complexity index is 1830. The van der Waals surface area contributed by atoms with Gasteiger partial charge in [-0.2, -0.15) is 5.26 Å². The van der Waals surface area contributed by atoms with E-state index in [0.29, 0.717) is 5.13 Å². The summed E-state index contributed by atoms with van der Waals surface area (Å²) in [4.78, 5) is 49.4. The fourth-order valence-electron chi connectivity index (χ4n) is 5.78. The summed E-state index contributed by atoms with van der Waals surface area (Å²) in [6.45, 7) is -0.510. The van der Waals surface area contributed by atoms with Crippen LogP contribution >= 0.6 is 22.9 Å². The number of alkyl halides is 1. The van der Waals surface area contributed by atoms with Crippen molar-refractivity contribution in [2.75, 3.05) is 24.4 Å². The molecule has 1 fully saturated rings. The minimum Gasteiger partial charge on any atom is -0.492 e. The maximum Gasteiger partial charge on any atom is 0.356 e. The second-order valence-corrected chi connectivity index (χ2v) is 11.8. The van der Waals surface area contributed by atoms with Gasteiger partial charge < -0.3 is 25.3 Å². The van der Waals surface area contributed by atoms with Crippen LogP contribution in [0.1, 0.15) is 22.4 Å². The number of nitriles is 1. The van der Waals surface area contributed by atoms with Crippen molar-refractivity contribution in [2.24, 2.45) is 5.16 Å².